The fourth-order valence-corrected chi connectivity index (χ4v) is 2.85. The fourth-order valence-electron chi connectivity index (χ4n) is 1.84. The molecular weight excluding hydrogens is 216 g/mol. The Morgan fingerprint density at radius 2 is 2.33 bits per heavy atom. The summed E-state index contributed by atoms with van der Waals surface area (Å²) in [6.45, 7) is 6.36. The minimum Gasteiger partial charge on any atom is -0.381 e. The van der Waals surface area contributed by atoms with Crippen molar-refractivity contribution < 1.29 is 4.74 Å². The summed E-state index contributed by atoms with van der Waals surface area (Å²) in [5, 5.41) is 0. The predicted molar refractivity (Wildman–Crippen MR) is 55.8 cm³/mol. The zero-order valence-electron chi connectivity index (χ0n) is 8.11. The average Bonchev–Trinajstić information content (AvgIpc) is 2.32. The predicted octanol–water partition coefficient (Wildman–Crippen LogP) is 3.37. The lowest BCUT2D eigenvalue weighted by Crippen LogP contribution is -2.20. The Morgan fingerprint density at radius 1 is 1.58 bits per heavy atom. The molecule has 1 nitrogen and oxygen atoms in total. The fraction of sp³-hybridized carbons (Fsp3) is 1.00. The van der Waals surface area contributed by atoms with Crippen molar-refractivity contribution in [1.29, 1.82) is 0 Å². The first-order valence-electron chi connectivity index (χ1n) is 4.88. The quantitative estimate of drug-likeness (QED) is 0.536. The van der Waals surface area contributed by atoms with Crippen LogP contribution in [0, 0.1) is 5.41 Å². The zero-order chi connectivity index (χ0) is 9.03. The van der Waals surface area contributed by atoms with E-state index in [2.05, 4.69) is 29.8 Å². The summed E-state index contributed by atoms with van der Waals surface area (Å²) in [4.78, 5) is 0.729. The van der Waals surface area contributed by atoms with Crippen LogP contribution in [0.1, 0.15) is 39.5 Å². The molecule has 0 bridgehead atoms. The van der Waals surface area contributed by atoms with Gasteiger partial charge in [0.25, 0.3) is 0 Å². The lowest BCUT2D eigenvalue weighted by Gasteiger charge is -2.23. The maximum atomic E-state index is 5.60. The number of hydrogen-bond acceptors (Lipinski definition) is 1. The van der Waals surface area contributed by atoms with Crippen molar-refractivity contribution >= 4 is 15.9 Å². The molecule has 0 aromatic rings. The van der Waals surface area contributed by atoms with E-state index in [0.29, 0.717) is 5.41 Å². The Labute approximate surface area is 84.0 Å². The summed E-state index contributed by atoms with van der Waals surface area (Å²) in [5.74, 6) is 0. The molecule has 0 spiro atoms. The Morgan fingerprint density at radius 3 is 2.83 bits per heavy atom. The second kappa shape index (κ2) is 4.61. The van der Waals surface area contributed by atoms with Crippen LogP contribution in [0.2, 0.25) is 0 Å². The Hall–Kier alpha value is 0.440. The van der Waals surface area contributed by atoms with Gasteiger partial charge in [-0.1, -0.05) is 29.8 Å². The van der Waals surface area contributed by atoms with E-state index in [1.807, 2.05) is 0 Å². The molecule has 2 atom stereocenters. The summed E-state index contributed by atoms with van der Waals surface area (Å²) in [5.41, 5.74) is 0.448. The Kier molecular flexibility index (Phi) is 4.04. The number of halogens is 1. The maximum Gasteiger partial charge on any atom is 0.0520 e. The van der Waals surface area contributed by atoms with Crippen LogP contribution in [0.25, 0.3) is 0 Å². The van der Waals surface area contributed by atoms with Crippen molar-refractivity contribution in [2.75, 3.05) is 13.2 Å². The van der Waals surface area contributed by atoms with Gasteiger partial charge in [0.1, 0.15) is 0 Å². The smallest absolute Gasteiger partial charge is 0.0520 e. The van der Waals surface area contributed by atoms with Gasteiger partial charge in [0, 0.05) is 11.4 Å². The SMILES string of the molecule is CCCOCC1(C)CCC(Br)C1. The highest BCUT2D eigenvalue weighted by Gasteiger charge is 2.33. The van der Waals surface area contributed by atoms with Crippen molar-refractivity contribution in [3.63, 3.8) is 0 Å². The van der Waals surface area contributed by atoms with Gasteiger partial charge in [0.15, 0.2) is 0 Å². The van der Waals surface area contributed by atoms with Crippen molar-refractivity contribution in [1.82, 2.24) is 0 Å². The minimum absolute atomic E-state index is 0.448. The number of rotatable bonds is 4. The summed E-state index contributed by atoms with van der Waals surface area (Å²) >= 11 is 3.67. The molecule has 0 aromatic heterocycles. The molecule has 1 rings (SSSR count). The zero-order valence-corrected chi connectivity index (χ0v) is 9.69. The monoisotopic (exact) mass is 234 g/mol. The van der Waals surface area contributed by atoms with Crippen molar-refractivity contribution in [3.8, 4) is 0 Å². The van der Waals surface area contributed by atoms with E-state index >= 15 is 0 Å². The Bertz CT molecular complexity index is 138. The minimum atomic E-state index is 0.448. The van der Waals surface area contributed by atoms with Crippen molar-refractivity contribution in [2.45, 2.75) is 44.4 Å². The second-order valence-corrected chi connectivity index (χ2v) is 5.50. The van der Waals surface area contributed by atoms with Crippen LogP contribution in [0.4, 0.5) is 0 Å². The molecule has 2 unspecified atom stereocenters. The second-order valence-electron chi connectivity index (χ2n) is 4.20. The highest BCUT2D eigenvalue weighted by molar-refractivity contribution is 9.09. The first kappa shape index (κ1) is 10.5. The van der Waals surface area contributed by atoms with Crippen LogP contribution in [-0.4, -0.2) is 18.0 Å². The van der Waals surface area contributed by atoms with Gasteiger partial charge in [-0.2, -0.15) is 0 Å². The highest BCUT2D eigenvalue weighted by Crippen LogP contribution is 2.41. The van der Waals surface area contributed by atoms with Crippen LogP contribution >= 0.6 is 15.9 Å². The van der Waals surface area contributed by atoms with E-state index in [1.54, 1.807) is 0 Å². The number of hydrogen-bond donors (Lipinski definition) is 0. The molecule has 0 aliphatic heterocycles. The van der Waals surface area contributed by atoms with Crippen LogP contribution in [0.5, 0.6) is 0 Å². The molecule has 0 amide bonds. The van der Waals surface area contributed by atoms with Gasteiger partial charge >= 0.3 is 0 Å². The van der Waals surface area contributed by atoms with Crippen LogP contribution in [0.15, 0.2) is 0 Å². The number of alkyl halides is 1. The van der Waals surface area contributed by atoms with Gasteiger partial charge in [-0.3, -0.25) is 0 Å². The third kappa shape index (κ3) is 3.06. The van der Waals surface area contributed by atoms with Gasteiger partial charge in [-0.15, -0.1) is 0 Å². The third-order valence-electron chi connectivity index (χ3n) is 2.57. The molecule has 1 saturated carbocycles. The first-order valence-corrected chi connectivity index (χ1v) is 5.80. The molecule has 0 N–H and O–H groups in total. The molecular formula is C10H19BrO. The van der Waals surface area contributed by atoms with E-state index in [0.717, 1.165) is 24.5 Å². The van der Waals surface area contributed by atoms with E-state index in [4.69, 9.17) is 4.74 Å². The highest BCUT2D eigenvalue weighted by atomic mass is 79.9. The maximum absolute atomic E-state index is 5.60. The van der Waals surface area contributed by atoms with E-state index < -0.39 is 0 Å². The van der Waals surface area contributed by atoms with E-state index in [9.17, 15) is 0 Å². The molecule has 1 aliphatic rings. The molecule has 0 aromatic carbocycles. The summed E-state index contributed by atoms with van der Waals surface area (Å²) < 4.78 is 5.60. The first-order chi connectivity index (χ1) is 5.66. The molecule has 0 heterocycles. The summed E-state index contributed by atoms with van der Waals surface area (Å²) in [6, 6.07) is 0. The van der Waals surface area contributed by atoms with Gasteiger partial charge in [-0.25, -0.2) is 0 Å². The number of ether oxygens (including phenoxy) is 1. The molecule has 72 valence electrons. The van der Waals surface area contributed by atoms with Gasteiger partial charge < -0.3 is 4.74 Å². The average molecular weight is 235 g/mol. The summed E-state index contributed by atoms with van der Waals surface area (Å²) in [7, 11) is 0. The van der Waals surface area contributed by atoms with Gasteiger partial charge in [0.05, 0.1) is 6.61 Å². The molecule has 1 aliphatic carbocycles. The van der Waals surface area contributed by atoms with Crippen molar-refractivity contribution in [3.05, 3.63) is 0 Å². The lowest BCUT2D eigenvalue weighted by atomic mass is 9.90. The standard InChI is InChI=1S/C10H19BrO/c1-3-6-12-8-10(2)5-4-9(11)7-10/h9H,3-8H2,1-2H3. The molecule has 1 fully saturated rings. The summed E-state index contributed by atoms with van der Waals surface area (Å²) in [6.07, 6.45) is 5.03. The third-order valence-corrected chi connectivity index (χ3v) is 3.36. The lowest BCUT2D eigenvalue weighted by molar-refractivity contribution is 0.0571. The van der Waals surface area contributed by atoms with Gasteiger partial charge in [0.2, 0.25) is 0 Å². The van der Waals surface area contributed by atoms with E-state index in [1.165, 1.54) is 19.3 Å². The van der Waals surface area contributed by atoms with Crippen LogP contribution in [0.3, 0.4) is 0 Å². The largest absolute Gasteiger partial charge is 0.381 e. The molecule has 2 heteroatoms. The molecule has 12 heavy (non-hydrogen) atoms. The van der Waals surface area contributed by atoms with E-state index in [-0.39, 0.29) is 0 Å². The van der Waals surface area contributed by atoms with Crippen molar-refractivity contribution in [2.24, 2.45) is 5.41 Å². The van der Waals surface area contributed by atoms with Gasteiger partial charge in [-0.05, 0) is 31.1 Å². The topological polar surface area (TPSA) is 9.23 Å². The molecule has 0 radical (unpaired) electrons. The molecule has 0 saturated heterocycles. The van der Waals surface area contributed by atoms with Crippen LogP contribution in [-0.2, 0) is 4.74 Å². The normalized spacial score (nSPS) is 35.8. The van der Waals surface area contributed by atoms with Crippen LogP contribution < -0.4 is 0 Å². The Balaban J connectivity index is 2.21.